The molecular formula is C9H12N2Sn. The fourth-order valence-corrected chi connectivity index (χ4v) is 3.85. The van der Waals surface area contributed by atoms with Gasteiger partial charge in [-0.05, 0) is 0 Å². The topological polar surface area (TPSA) is 17.2 Å². The SMILES string of the molecule is [C-]#[N+]c1cc[c]([Sn]([CH3])([CH3])[CH3])nc1. The molecule has 1 aromatic heterocycles. The summed E-state index contributed by atoms with van der Waals surface area (Å²) in [4.78, 5) is 14.5. The third-order valence-corrected chi connectivity index (χ3v) is 6.88. The molecule has 0 N–H and O–H groups in total. The number of nitrogens with zero attached hydrogens (tertiary/aromatic N) is 2. The zero-order chi connectivity index (χ0) is 9.19. The van der Waals surface area contributed by atoms with E-state index in [0.717, 1.165) is 0 Å². The van der Waals surface area contributed by atoms with E-state index in [1.807, 2.05) is 12.1 Å². The van der Waals surface area contributed by atoms with Crippen LogP contribution in [0.3, 0.4) is 0 Å². The van der Waals surface area contributed by atoms with Crippen molar-refractivity contribution in [2.45, 2.75) is 14.8 Å². The summed E-state index contributed by atoms with van der Waals surface area (Å²) in [6, 6.07) is 3.86. The summed E-state index contributed by atoms with van der Waals surface area (Å²) in [5.41, 5.74) is 0.634. The molecule has 0 spiro atoms. The number of pyridine rings is 1. The number of hydrogen-bond donors (Lipinski definition) is 0. The van der Waals surface area contributed by atoms with E-state index in [2.05, 4.69) is 24.6 Å². The third-order valence-electron chi connectivity index (χ3n) is 1.65. The molecule has 0 saturated carbocycles. The van der Waals surface area contributed by atoms with Crippen molar-refractivity contribution in [3.63, 3.8) is 0 Å². The van der Waals surface area contributed by atoms with Gasteiger partial charge in [0.15, 0.2) is 0 Å². The van der Waals surface area contributed by atoms with Gasteiger partial charge in [0.25, 0.3) is 0 Å². The molecule has 0 saturated heterocycles. The summed E-state index contributed by atoms with van der Waals surface area (Å²) in [5, 5.41) is 0. The summed E-state index contributed by atoms with van der Waals surface area (Å²) in [6.45, 7) is 6.77. The Balaban J connectivity index is 3.02. The first-order chi connectivity index (χ1) is 5.54. The maximum absolute atomic E-state index is 6.77. The summed E-state index contributed by atoms with van der Waals surface area (Å²) in [6.07, 6.45) is 1.67. The van der Waals surface area contributed by atoms with Gasteiger partial charge < -0.3 is 0 Å². The first kappa shape index (κ1) is 9.53. The maximum atomic E-state index is 6.77. The van der Waals surface area contributed by atoms with E-state index >= 15 is 0 Å². The molecule has 0 atom stereocenters. The molecule has 0 aliphatic rings. The Labute approximate surface area is 77.3 Å². The number of hydrogen-bond acceptors (Lipinski definition) is 1. The Hall–Kier alpha value is -0.561. The van der Waals surface area contributed by atoms with Crippen molar-refractivity contribution >= 4 is 27.8 Å². The monoisotopic (exact) mass is 268 g/mol. The van der Waals surface area contributed by atoms with Gasteiger partial charge in [-0.25, -0.2) is 0 Å². The molecule has 0 radical (unpaired) electrons. The van der Waals surface area contributed by atoms with Gasteiger partial charge >= 0.3 is 77.3 Å². The Morgan fingerprint density at radius 1 is 1.33 bits per heavy atom. The van der Waals surface area contributed by atoms with Crippen molar-refractivity contribution in [2.24, 2.45) is 0 Å². The second-order valence-corrected chi connectivity index (χ2v) is 18.1. The standard InChI is InChI=1S/C6H3N2.3CH3.Sn/c1-7-6-3-2-4-8-5-6;;;;/h2-3,5H;3*1H3;. The molecule has 0 aliphatic carbocycles. The Kier molecular flexibility index (Phi) is 2.73. The average Bonchev–Trinajstić information content (AvgIpc) is 2.03. The Morgan fingerprint density at radius 3 is 2.33 bits per heavy atom. The van der Waals surface area contributed by atoms with E-state index in [1.54, 1.807) is 6.20 Å². The van der Waals surface area contributed by atoms with Crippen molar-refractivity contribution in [3.05, 3.63) is 29.7 Å². The van der Waals surface area contributed by atoms with Gasteiger partial charge in [0.05, 0.1) is 0 Å². The van der Waals surface area contributed by atoms with Crippen LogP contribution >= 0.6 is 0 Å². The summed E-state index contributed by atoms with van der Waals surface area (Å²) in [7, 11) is 0. The Bertz CT molecular complexity index is 303. The second kappa shape index (κ2) is 3.44. The van der Waals surface area contributed by atoms with Gasteiger partial charge in [-0.1, -0.05) is 0 Å². The molecule has 1 rings (SSSR count). The number of rotatable bonds is 1. The minimum absolute atomic E-state index is 0.634. The van der Waals surface area contributed by atoms with E-state index in [-0.39, 0.29) is 0 Å². The second-order valence-electron chi connectivity index (χ2n) is 3.76. The van der Waals surface area contributed by atoms with Crippen molar-refractivity contribution in [3.8, 4) is 0 Å². The molecule has 12 heavy (non-hydrogen) atoms. The van der Waals surface area contributed by atoms with E-state index in [4.69, 9.17) is 6.57 Å². The summed E-state index contributed by atoms with van der Waals surface area (Å²) < 4.78 is 1.23. The summed E-state index contributed by atoms with van der Waals surface area (Å²) in [5.74, 6) is 0. The Morgan fingerprint density at radius 2 is 2.00 bits per heavy atom. The van der Waals surface area contributed by atoms with Crippen LogP contribution in [-0.2, 0) is 0 Å². The average molecular weight is 267 g/mol. The molecule has 0 fully saturated rings. The van der Waals surface area contributed by atoms with Gasteiger partial charge in [-0.2, -0.15) is 0 Å². The normalized spacial score (nSPS) is 10.8. The molecule has 2 nitrogen and oxygen atoms in total. The van der Waals surface area contributed by atoms with Crippen LogP contribution in [0.1, 0.15) is 0 Å². The van der Waals surface area contributed by atoms with E-state index in [0.29, 0.717) is 5.69 Å². The first-order valence-corrected chi connectivity index (χ1v) is 13.9. The molecule has 0 aromatic carbocycles. The van der Waals surface area contributed by atoms with Crippen LogP contribution in [-0.4, -0.2) is 23.4 Å². The van der Waals surface area contributed by atoms with Gasteiger partial charge in [-0.3, -0.25) is 0 Å². The predicted octanol–water partition coefficient (Wildman–Crippen LogP) is 2.18. The van der Waals surface area contributed by atoms with E-state index < -0.39 is 18.4 Å². The molecule has 3 heteroatoms. The first-order valence-electron chi connectivity index (χ1n) is 3.88. The van der Waals surface area contributed by atoms with Crippen molar-refractivity contribution in [2.75, 3.05) is 0 Å². The zero-order valence-electron chi connectivity index (χ0n) is 7.63. The molecule has 1 aromatic rings. The quantitative estimate of drug-likeness (QED) is 0.563. The fraction of sp³-hybridized carbons (Fsp3) is 0.333. The molecule has 0 aliphatic heterocycles. The van der Waals surface area contributed by atoms with Gasteiger partial charge in [-0.15, -0.1) is 0 Å². The molecule has 62 valence electrons. The fourth-order valence-electron chi connectivity index (χ4n) is 0.896. The number of aromatic nitrogens is 1. The molecule has 0 amide bonds. The predicted molar refractivity (Wildman–Crippen MR) is 53.5 cm³/mol. The van der Waals surface area contributed by atoms with Crippen molar-refractivity contribution in [1.82, 2.24) is 4.98 Å². The minimum atomic E-state index is -1.98. The van der Waals surface area contributed by atoms with Crippen LogP contribution in [0.25, 0.3) is 4.85 Å². The third kappa shape index (κ3) is 2.21. The van der Waals surface area contributed by atoms with Gasteiger partial charge in [0.2, 0.25) is 0 Å². The zero-order valence-corrected chi connectivity index (χ0v) is 10.5. The van der Waals surface area contributed by atoms with Crippen LogP contribution in [0.2, 0.25) is 14.8 Å². The van der Waals surface area contributed by atoms with Crippen LogP contribution in [0.4, 0.5) is 5.69 Å². The van der Waals surface area contributed by atoms with Crippen molar-refractivity contribution < 1.29 is 0 Å². The van der Waals surface area contributed by atoms with Gasteiger partial charge in [0.1, 0.15) is 0 Å². The van der Waals surface area contributed by atoms with Crippen LogP contribution in [0.15, 0.2) is 18.3 Å². The molecule has 1 heterocycles. The molecule has 0 unspecified atom stereocenters. The van der Waals surface area contributed by atoms with E-state index in [1.165, 1.54) is 3.71 Å². The van der Waals surface area contributed by atoms with Crippen molar-refractivity contribution in [1.29, 1.82) is 0 Å². The van der Waals surface area contributed by atoms with Crippen LogP contribution in [0, 0.1) is 6.57 Å². The van der Waals surface area contributed by atoms with Crippen LogP contribution < -0.4 is 3.71 Å². The molecular weight excluding hydrogens is 255 g/mol. The van der Waals surface area contributed by atoms with Crippen LogP contribution in [0.5, 0.6) is 0 Å². The molecule has 0 bridgehead atoms. The summed E-state index contributed by atoms with van der Waals surface area (Å²) >= 11 is -1.98. The van der Waals surface area contributed by atoms with E-state index in [9.17, 15) is 0 Å². The van der Waals surface area contributed by atoms with Gasteiger partial charge in [0, 0.05) is 0 Å².